The maximum absolute atomic E-state index is 10.0. The lowest BCUT2D eigenvalue weighted by atomic mass is 9.97. The summed E-state index contributed by atoms with van der Waals surface area (Å²) in [5, 5.41) is 5.61. The molecule has 1 fully saturated rings. The molecular weight excluding hydrogens is 391 g/mol. The van der Waals surface area contributed by atoms with Gasteiger partial charge >= 0.3 is 5.97 Å². The van der Waals surface area contributed by atoms with Gasteiger partial charge in [-0.2, -0.15) is 0 Å². The van der Waals surface area contributed by atoms with Crippen LogP contribution in [-0.2, 0) is 4.79 Å². The molecule has 0 unspecified atom stereocenters. The lowest BCUT2D eigenvalue weighted by Crippen LogP contribution is -2.52. The van der Waals surface area contributed by atoms with E-state index in [1.807, 2.05) is 0 Å². The fourth-order valence-electron chi connectivity index (χ4n) is 1.34. The molecule has 0 bridgehead atoms. The Kier molecular flexibility index (Phi) is 9.89. The van der Waals surface area contributed by atoms with E-state index in [4.69, 9.17) is 80.4 Å². The van der Waals surface area contributed by atoms with Gasteiger partial charge in [-0.1, -0.05) is 13.8 Å². The number of rotatable bonds is 2. The van der Waals surface area contributed by atoms with E-state index < -0.39 is 44.3 Å². The van der Waals surface area contributed by atoms with Gasteiger partial charge in [0, 0.05) is 0 Å². The Morgan fingerprint density at radius 1 is 0.850 bits per heavy atom. The van der Waals surface area contributed by atoms with Crippen molar-refractivity contribution in [1.29, 1.82) is 0 Å². The average Bonchev–Trinajstić information content (AvgIpc) is 2.40. The Hall–Kier alpha value is 1.17. The van der Waals surface area contributed by atoms with E-state index in [0.717, 1.165) is 0 Å². The zero-order valence-corrected chi connectivity index (χ0v) is 15.4. The molecule has 120 valence electrons. The Labute approximate surface area is 149 Å². The first-order valence-corrected chi connectivity index (χ1v) is 8.47. The molecule has 3 nitrogen and oxygen atoms in total. The lowest BCUT2D eigenvalue weighted by molar-refractivity contribution is -0.139. The predicted molar refractivity (Wildman–Crippen MR) is 88.3 cm³/mol. The van der Waals surface area contributed by atoms with Gasteiger partial charge in [-0.15, -0.1) is 69.6 Å². The van der Waals surface area contributed by atoms with Crippen molar-refractivity contribution in [2.45, 2.75) is 52.2 Å². The summed E-state index contributed by atoms with van der Waals surface area (Å²) in [6, 6.07) is -0.713. The highest BCUT2D eigenvalue weighted by Gasteiger charge is 2.46. The van der Waals surface area contributed by atoms with Crippen molar-refractivity contribution < 1.29 is 9.90 Å². The third-order valence-electron chi connectivity index (χ3n) is 2.83. The molecule has 1 atom stereocenters. The van der Waals surface area contributed by atoms with Crippen LogP contribution < -0.4 is 5.73 Å². The van der Waals surface area contributed by atoms with E-state index in [1.165, 1.54) is 0 Å². The minimum atomic E-state index is -0.931. The second-order valence-corrected chi connectivity index (χ2v) is 7.80. The highest BCUT2D eigenvalue weighted by molar-refractivity contribution is 6.45. The van der Waals surface area contributed by atoms with Crippen LogP contribution in [0, 0.1) is 5.92 Å². The standard InChI is InChI=1S/C6H6Cl6.C5H11NO2/c7-1-2(8)4(10)6(12)5(11)3(1)9;1-3(2)4(6)5(7)8/h1-6H;3-4H,6H2,1-2H3,(H,7,8)/t;4-/m.0/s1. The molecule has 0 aromatic carbocycles. The van der Waals surface area contributed by atoms with Crippen LogP contribution >= 0.6 is 69.6 Å². The molecule has 0 aliphatic heterocycles. The number of carbonyl (C=O) groups is 1. The molecule has 0 radical (unpaired) electrons. The molecule has 0 aromatic heterocycles. The molecule has 0 spiro atoms. The zero-order chi connectivity index (χ0) is 16.2. The van der Waals surface area contributed by atoms with Crippen molar-refractivity contribution in [2.24, 2.45) is 11.7 Å². The van der Waals surface area contributed by atoms with Crippen LogP contribution in [0.5, 0.6) is 0 Å². The van der Waals surface area contributed by atoms with Crippen LogP contribution in [-0.4, -0.2) is 49.4 Å². The minimum Gasteiger partial charge on any atom is -0.480 e. The highest BCUT2D eigenvalue weighted by Crippen LogP contribution is 2.39. The number of carboxylic acid groups (broad SMARTS) is 1. The van der Waals surface area contributed by atoms with Crippen molar-refractivity contribution in [3.8, 4) is 0 Å². The summed E-state index contributed by atoms with van der Waals surface area (Å²) in [5.74, 6) is -0.910. The quantitative estimate of drug-likeness (QED) is 0.686. The van der Waals surface area contributed by atoms with Gasteiger partial charge in [0.1, 0.15) is 6.04 Å². The van der Waals surface area contributed by atoms with Crippen LogP contribution in [0.1, 0.15) is 13.8 Å². The summed E-state index contributed by atoms with van der Waals surface area (Å²) in [6.45, 7) is 3.55. The topological polar surface area (TPSA) is 63.3 Å². The number of nitrogens with two attached hydrogens (primary N) is 1. The molecule has 0 heterocycles. The first-order chi connectivity index (χ1) is 9.02. The number of aliphatic carboxylic acids is 1. The van der Waals surface area contributed by atoms with E-state index >= 15 is 0 Å². The van der Waals surface area contributed by atoms with E-state index in [2.05, 4.69) is 0 Å². The molecule has 9 heteroatoms. The van der Waals surface area contributed by atoms with Gasteiger partial charge in [0.2, 0.25) is 0 Å². The third-order valence-corrected chi connectivity index (χ3v) is 6.86. The van der Waals surface area contributed by atoms with Gasteiger partial charge in [0.05, 0.1) is 32.3 Å². The smallest absolute Gasteiger partial charge is 0.320 e. The first kappa shape index (κ1) is 21.2. The Morgan fingerprint density at radius 2 is 1.05 bits per heavy atom. The Bertz CT molecular complexity index is 261. The minimum absolute atomic E-state index is 0.0208. The number of halogens is 6. The monoisotopic (exact) mass is 405 g/mol. The largest absolute Gasteiger partial charge is 0.480 e. The van der Waals surface area contributed by atoms with Gasteiger partial charge in [0.15, 0.2) is 0 Å². The number of alkyl halides is 6. The molecular formula is C11H17Cl6NO2. The second-order valence-electron chi connectivity index (χ2n) is 4.77. The molecule has 3 N–H and O–H groups in total. The van der Waals surface area contributed by atoms with Crippen molar-refractivity contribution in [2.75, 3.05) is 0 Å². The number of hydrogen-bond donors (Lipinski definition) is 2. The molecule has 0 saturated heterocycles. The van der Waals surface area contributed by atoms with Crippen LogP contribution in [0.4, 0.5) is 0 Å². The molecule has 0 amide bonds. The van der Waals surface area contributed by atoms with Gasteiger partial charge in [-0.3, -0.25) is 4.79 Å². The van der Waals surface area contributed by atoms with Crippen molar-refractivity contribution in [3.05, 3.63) is 0 Å². The Morgan fingerprint density at radius 3 is 1.10 bits per heavy atom. The summed E-state index contributed by atoms with van der Waals surface area (Å²) in [6.07, 6.45) is 0. The number of hydrogen-bond acceptors (Lipinski definition) is 2. The van der Waals surface area contributed by atoms with Gasteiger partial charge < -0.3 is 10.8 Å². The SMILES string of the molecule is CC(C)[C@H](N)C(=O)O.ClC1C(Cl)C(Cl)C(Cl)C(Cl)C1Cl. The van der Waals surface area contributed by atoms with Crippen LogP contribution in [0.3, 0.4) is 0 Å². The molecule has 1 rings (SSSR count). The van der Waals surface area contributed by atoms with Crippen molar-refractivity contribution in [3.63, 3.8) is 0 Å². The van der Waals surface area contributed by atoms with Gasteiger partial charge in [0.25, 0.3) is 0 Å². The predicted octanol–water partition coefficient (Wildman–Crippen LogP) is 3.70. The van der Waals surface area contributed by atoms with E-state index in [-0.39, 0.29) is 5.92 Å². The fourth-order valence-corrected chi connectivity index (χ4v) is 3.67. The zero-order valence-electron chi connectivity index (χ0n) is 10.8. The Balaban J connectivity index is 0.000000396. The maximum atomic E-state index is 10.0. The van der Waals surface area contributed by atoms with Crippen LogP contribution in [0.25, 0.3) is 0 Å². The van der Waals surface area contributed by atoms with Gasteiger partial charge in [-0.25, -0.2) is 0 Å². The highest BCUT2D eigenvalue weighted by atomic mass is 35.5. The molecule has 1 aliphatic carbocycles. The lowest BCUT2D eigenvalue weighted by Gasteiger charge is -2.37. The summed E-state index contributed by atoms with van der Waals surface area (Å²) >= 11 is 35.3. The third kappa shape index (κ3) is 5.75. The summed E-state index contributed by atoms with van der Waals surface area (Å²) < 4.78 is 0. The van der Waals surface area contributed by atoms with Crippen molar-refractivity contribution >= 4 is 75.6 Å². The van der Waals surface area contributed by atoms with Crippen LogP contribution in [0.15, 0.2) is 0 Å². The van der Waals surface area contributed by atoms with Crippen LogP contribution in [0.2, 0.25) is 0 Å². The fraction of sp³-hybridized carbons (Fsp3) is 0.909. The normalized spacial score (nSPS) is 38.9. The second kappa shape index (κ2) is 9.34. The maximum Gasteiger partial charge on any atom is 0.320 e. The molecule has 1 aliphatic rings. The molecule has 20 heavy (non-hydrogen) atoms. The van der Waals surface area contributed by atoms with E-state index in [1.54, 1.807) is 13.8 Å². The molecule has 0 aromatic rings. The van der Waals surface area contributed by atoms with Crippen molar-refractivity contribution in [1.82, 2.24) is 0 Å². The summed E-state index contributed by atoms with van der Waals surface area (Å²) in [4.78, 5) is 10.0. The summed E-state index contributed by atoms with van der Waals surface area (Å²) in [7, 11) is 0. The van der Waals surface area contributed by atoms with Gasteiger partial charge in [-0.05, 0) is 5.92 Å². The number of carboxylic acids is 1. The van der Waals surface area contributed by atoms with E-state index in [9.17, 15) is 4.79 Å². The summed E-state index contributed by atoms with van der Waals surface area (Å²) in [5.41, 5.74) is 5.16. The van der Waals surface area contributed by atoms with E-state index in [0.29, 0.717) is 0 Å². The molecule has 1 saturated carbocycles. The average molecular weight is 408 g/mol. The first-order valence-electron chi connectivity index (χ1n) is 5.85.